The quantitative estimate of drug-likeness (QED) is 0.523. The van der Waals surface area contributed by atoms with E-state index in [0.717, 1.165) is 25.4 Å². The van der Waals surface area contributed by atoms with Crippen LogP contribution in [0.3, 0.4) is 0 Å². The van der Waals surface area contributed by atoms with Crippen LogP contribution in [0, 0.1) is 0 Å². The molecular weight excluding hydrogens is 157 g/mol. The van der Waals surface area contributed by atoms with E-state index >= 15 is 0 Å². The molecule has 0 aliphatic carbocycles. The molecule has 0 atom stereocenters. The molecule has 0 aromatic heterocycles. The van der Waals surface area contributed by atoms with Crippen molar-refractivity contribution < 1.29 is 4.57 Å². The van der Waals surface area contributed by atoms with E-state index in [1.807, 2.05) is 0 Å². The van der Waals surface area contributed by atoms with E-state index < -0.39 is 7.80 Å². The van der Waals surface area contributed by atoms with Gasteiger partial charge in [-0.2, -0.15) is 0 Å². The highest BCUT2D eigenvalue weighted by Crippen LogP contribution is 2.27. The largest absolute Gasteiger partial charge is 0.341 e. The molecule has 0 unspecified atom stereocenters. The minimum atomic E-state index is -0.857. The summed E-state index contributed by atoms with van der Waals surface area (Å²) in [5, 5.41) is 0. The second-order valence-corrected chi connectivity index (χ2v) is 5.94. The molecule has 0 N–H and O–H groups in total. The molecule has 2 nitrogen and oxygen atoms in total. The van der Waals surface area contributed by atoms with Gasteiger partial charge in [0, 0.05) is 18.6 Å². The molecule has 1 fully saturated rings. The maximum absolute atomic E-state index is 11.1. The number of nitrogens with zero attached hydrogens (tertiary/aromatic N) is 1. The van der Waals surface area contributed by atoms with E-state index in [4.69, 9.17) is 0 Å². The standard InChI is InChI=1S/C8H17NOP/c1-8(2,3)9-4-6-11(10)7-5-9/h4-7H2,1-3H3/q+1. The van der Waals surface area contributed by atoms with Crippen molar-refractivity contribution in [3.8, 4) is 0 Å². The minimum Gasteiger partial charge on any atom is -0.290 e. The molecule has 11 heavy (non-hydrogen) atoms. The lowest BCUT2D eigenvalue weighted by Crippen LogP contribution is -2.45. The molecule has 0 amide bonds. The maximum Gasteiger partial charge on any atom is 0.341 e. The van der Waals surface area contributed by atoms with Gasteiger partial charge in [-0.25, -0.2) is 0 Å². The average molecular weight is 174 g/mol. The topological polar surface area (TPSA) is 20.3 Å². The van der Waals surface area contributed by atoms with Gasteiger partial charge < -0.3 is 0 Å². The fraction of sp³-hybridized carbons (Fsp3) is 1.00. The van der Waals surface area contributed by atoms with E-state index in [1.165, 1.54) is 0 Å². The summed E-state index contributed by atoms with van der Waals surface area (Å²) in [6.45, 7) is 8.67. The Bertz CT molecular complexity index is 152. The molecule has 0 radical (unpaired) electrons. The minimum absolute atomic E-state index is 0.261. The zero-order valence-corrected chi connectivity index (χ0v) is 8.53. The van der Waals surface area contributed by atoms with E-state index in [9.17, 15) is 4.57 Å². The monoisotopic (exact) mass is 174 g/mol. The SMILES string of the molecule is CC(C)(C)N1CC[P+](=O)CC1. The fourth-order valence-electron chi connectivity index (χ4n) is 1.36. The van der Waals surface area contributed by atoms with Gasteiger partial charge in [-0.05, 0) is 20.8 Å². The summed E-state index contributed by atoms with van der Waals surface area (Å²) in [4.78, 5) is 2.41. The van der Waals surface area contributed by atoms with Gasteiger partial charge >= 0.3 is 7.80 Å². The summed E-state index contributed by atoms with van der Waals surface area (Å²) >= 11 is 0. The predicted octanol–water partition coefficient (Wildman–Crippen LogP) is 1.93. The van der Waals surface area contributed by atoms with Crippen LogP contribution >= 0.6 is 7.80 Å². The number of hydrogen-bond donors (Lipinski definition) is 0. The fourth-order valence-corrected chi connectivity index (χ4v) is 2.51. The van der Waals surface area contributed by atoms with Gasteiger partial charge in [-0.3, -0.25) is 4.90 Å². The molecule has 1 aliphatic heterocycles. The highest BCUT2D eigenvalue weighted by Gasteiger charge is 2.31. The predicted molar refractivity (Wildman–Crippen MR) is 48.7 cm³/mol. The summed E-state index contributed by atoms with van der Waals surface area (Å²) in [5.74, 6) is 0. The van der Waals surface area contributed by atoms with Gasteiger partial charge in [0.25, 0.3) is 0 Å². The summed E-state index contributed by atoms with van der Waals surface area (Å²) < 4.78 is 11.1. The van der Waals surface area contributed by atoms with Crippen LogP contribution < -0.4 is 0 Å². The van der Waals surface area contributed by atoms with Crippen molar-refractivity contribution in [3.05, 3.63) is 0 Å². The molecule has 1 rings (SSSR count). The molecule has 0 saturated carbocycles. The molecule has 64 valence electrons. The Morgan fingerprint density at radius 2 is 1.64 bits per heavy atom. The van der Waals surface area contributed by atoms with Crippen molar-refractivity contribution in [2.24, 2.45) is 0 Å². The van der Waals surface area contributed by atoms with Crippen LogP contribution in [-0.4, -0.2) is 35.9 Å². The van der Waals surface area contributed by atoms with Gasteiger partial charge in [-0.1, -0.05) is 4.57 Å². The van der Waals surface area contributed by atoms with E-state index in [0.29, 0.717) is 0 Å². The second kappa shape index (κ2) is 3.20. The highest BCUT2D eigenvalue weighted by molar-refractivity contribution is 7.44. The Morgan fingerprint density at radius 3 is 2.00 bits per heavy atom. The summed E-state index contributed by atoms with van der Waals surface area (Å²) in [6, 6.07) is 0. The van der Waals surface area contributed by atoms with Crippen LogP contribution in [0.25, 0.3) is 0 Å². The molecular formula is C8H17NOP+. The first-order valence-corrected chi connectivity index (χ1v) is 5.80. The van der Waals surface area contributed by atoms with Crippen molar-refractivity contribution >= 4 is 7.80 Å². The summed E-state index contributed by atoms with van der Waals surface area (Å²) in [7, 11) is -0.857. The normalized spacial score (nSPS) is 22.3. The van der Waals surface area contributed by atoms with Crippen molar-refractivity contribution in [1.29, 1.82) is 0 Å². The lowest BCUT2D eigenvalue weighted by molar-refractivity contribution is 0.150. The average Bonchev–Trinajstić information content (AvgIpc) is 1.86. The van der Waals surface area contributed by atoms with E-state index in [-0.39, 0.29) is 5.54 Å². The van der Waals surface area contributed by atoms with Gasteiger partial charge in [0.1, 0.15) is 0 Å². The zero-order valence-electron chi connectivity index (χ0n) is 7.63. The first-order chi connectivity index (χ1) is 5.00. The second-order valence-electron chi connectivity index (χ2n) is 4.09. The van der Waals surface area contributed by atoms with Crippen LogP contribution in [0.2, 0.25) is 0 Å². The van der Waals surface area contributed by atoms with Crippen molar-refractivity contribution in [3.63, 3.8) is 0 Å². The van der Waals surface area contributed by atoms with Gasteiger partial charge in [0.2, 0.25) is 0 Å². The van der Waals surface area contributed by atoms with E-state index in [1.54, 1.807) is 0 Å². The Labute approximate surface area is 69.8 Å². The Kier molecular flexibility index (Phi) is 2.66. The van der Waals surface area contributed by atoms with Crippen LogP contribution in [0.4, 0.5) is 0 Å². The zero-order chi connectivity index (χ0) is 8.48. The third-order valence-electron chi connectivity index (χ3n) is 2.19. The van der Waals surface area contributed by atoms with Crippen LogP contribution in [-0.2, 0) is 4.57 Å². The molecule has 1 aliphatic rings. The van der Waals surface area contributed by atoms with Crippen LogP contribution in [0.1, 0.15) is 20.8 Å². The molecule has 1 heterocycles. The molecule has 0 bridgehead atoms. The molecule has 0 spiro atoms. The van der Waals surface area contributed by atoms with Crippen molar-refractivity contribution in [2.45, 2.75) is 26.3 Å². The highest BCUT2D eigenvalue weighted by atomic mass is 31.1. The van der Waals surface area contributed by atoms with Gasteiger partial charge in [-0.15, -0.1) is 0 Å². The Balaban J connectivity index is 2.45. The van der Waals surface area contributed by atoms with Crippen molar-refractivity contribution in [2.75, 3.05) is 25.4 Å². The first kappa shape index (κ1) is 9.15. The van der Waals surface area contributed by atoms with Gasteiger partial charge in [0.15, 0.2) is 12.3 Å². The molecule has 0 aromatic rings. The smallest absolute Gasteiger partial charge is 0.290 e. The molecule has 1 saturated heterocycles. The lowest BCUT2D eigenvalue weighted by atomic mass is 10.1. The third-order valence-corrected chi connectivity index (χ3v) is 3.58. The lowest BCUT2D eigenvalue weighted by Gasteiger charge is -2.35. The van der Waals surface area contributed by atoms with Crippen molar-refractivity contribution in [1.82, 2.24) is 4.90 Å². The number of rotatable bonds is 0. The molecule has 0 aromatic carbocycles. The summed E-state index contributed by atoms with van der Waals surface area (Å²) in [5.41, 5.74) is 0.261. The summed E-state index contributed by atoms with van der Waals surface area (Å²) in [6.07, 6.45) is 1.79. The maximum atomic E-state index is 11.1. The van der Waals surface area contributed by atoms with Crippen LogP contribution in [0.15, 0.2) is 0 Å². The Morgan fingerprint density at radius 1 is 1.18 bits per heavy atom. The Hall–Kier alpha value is 0.0600. The van der Waals surface area contributed by atoms with E-state index in [2.05, 4.69) is 25.7 Å². The third kappa shape index (κ3) is 2.53. The van der Waals surface area contributed by atoms with Gasteiger partial charge in [0.05, 0.1) is 0 Å². The number of hydrogen-bond acceptors (Lipinski definition) is 2. The molecule has 3 heteroatoms. The van der Waals surface area contributed by atoms with Crippen LogP contribution in [0.5, 0.6) is 0 Å². The first-order valence-electron chi connectivity index (χ1n) is 4.17.